The molecule has 0 saturated carbocycles. The van der Waals surface area contributed by atoms with Crippen LogP contribution >= 0.6 is 22.9 Å². The van der Waals surface area contributed by atoms with E-state index >= 15 is 0 Å². The van der Waals surface area contributed by atoms with Gasteiger partial charge in [0.05, 0.1) is 0 Å². The zero-order chi connectivity index (χ0) is 18.8. The molecule has 2 aromatic carbocycles. The van der Waals surface area contributed by atoms with Crippen LogP contribution in [0.15, 0.2) is 30.3 Å². The molecule has 0 amide bonds. The van der Waals surface area contributed by atoms with Crippen LogP contribution in [0.3, 0.4) is 0 Å². The number of ether oxygens (including phenoxy) is 1. The number of carboxylic acid groups (broad SMARTS) is 1. The summed E-state index contributed by atoms with van der Waals surface area (Å²) in [4.78, 5) is 12.0. The first-order valence-corrected chi connectivity index (χ1v) is 9.67. The van der Waals surface area contributed by atoms with Crippen LogP contribution in [0.2, 0.25) is 5.02 Å². The van der Waals surface area contributed by atoms with Crippen molar-refractivity contribution in [1.82, 2.24) is 0 Å². The smallest absolute Gasteiger partial charge is 0.303 e. The molecule has 3 aromatic rings. The summed E-state index contributed by atoms with van der Waals surface area (Å²) in [6.07, 6.45) is 0.671. The summed E-state index contributed by atoms with van der Waals surface area (Å²) in [7, 11) is 0. The minimum atomic E-state index is -0.779. The van der Waals surface area contributed by atoms with Crippen molar-refractivity contribution in [3.05, 3.63) is 62.5 Å². The van der Waals surface area contributed by atoms with Gasteiger partial charge in [-0.25, -0.2) is 0 Å². The molecule has 26 heavy (non-hydrogen) atoms. The lowest BCUT2D eigenvalue weighted by atomic mass is 9.99. The molecule has 0 aliphatic carbocycles. The first-order chi connectivity index (χ1) is 12.3. The standard InChI is InChI=1S/C21H21ClO3S/c1-12-8-18-16(9-17(22)10-20(18)26-12)11-25-19-6-4-15(5-7-21(23)24)13(2)14(19)3/h4,6,8-10H,5,7,11H2,1-3H3,(H,23,24). The summed E-state index contributed by atoms with van der Waals surface area (Å²) in [5.41, 5.74) is 4.26. The van der Waals surface area contributed by atoms with Gasteiger partial charge in [-0.3, -0.25) is 4.79 Å². The van der Waals surface area contributed by atoms with Gasteiger partial charge in [0.15, 0.2) is 0 Å². The number of carbonyl (C=O) groups is 1. The third-order valence-electron chi connectivity index (χ3n) is 4.65. The van der Waals surface area contributed by atoms with E-state index in [1.807, 2.05) is 38.1 Å². The van der Waals surface area contributed by atoms with Gasteiger partial charge in [0, 0.05) is 21.0 Å². The number of fused-ring (bicyclic) bond motifs is 1. The van der Waals surface area contributed by atoms with Crippen LogP contribution in [0.1, 0.15) is 33.6 Å². The third-order valence-corrected chi connectivity index (χ3v) is 5.87. The zero-order valence-electron chi connectivity index (χ0n) is 15.1. The van der Waals surface area contributed by atoms with E-state index in [9.17, 15) is 4.79 Å². The number of rotatable bonds is 6. The van der Waals surface area contributed by atoms with Gasteiger partial charge in [-0.05, 0) is 79.1 Å². The van der Waals surface area contributed by atoms with Crippen LogP contribution in [-0.2, 0) is 17.8 Å². The SMILES string of the molecule is Cc1cc2c(COc3ccc(CCC(=O)O)c(C)c3C)cc(Cl)cc2s1. The van der Waals surface area contributed by atoms with Crippen molar-refractivity contribution in [3.8, 4) is 5.75 Å². The predicted octanol–water partition coefficient (Wildman–Crippen LogP) is 6.08. The lowest BCUT2D eigenvalue weighted by molar-refractivity contribution is -0.136. The van der Waals surface area contributed by atoms with Gasteiger partial charge in [0.25, 0.3) is 0 Å². The van der Waals surface area contributed by atoms with Crippen LogP contribution in [0.25, 0.3) is 10.1 Å². The molecule has 1 aromatic heterocycles. The maximum absolute atomic E-state index is 10.8. The van der Waals surface area contributed by atoms with Gasteiger partial charge in [0.2, 0.25) is 0 Å². The fraction of sp³-hybridized carbons (Fsp3) is 0.286. The first-order valence-electron chi connectivity index (χ1n) is 8.47. The van der Waals surface area contributed by atoms with E-state index < -0.39 is 5.97 Å². The average molecular weight is 389 g/mol. The minimum absolute atomic E-state index is 0.137. The lowest BCUT2D eigenvalue weighted by Crippen LogP contribution is -2.03. The molecule has 3 rings (SSSR count). The molecule has 136 valence electrons. The fourth-order valence-electron chi connectivity index (χ4n) is 3.10. The summed E-state index contributed by atoms with van der Waals surface area (Å²) in [5.74, 6) is 0.0417. The lowest BCUT2D eigenvalue weighted by Gasteiger charge is -2.15. The number of aryl methyl sites for hydroxylation is 2. The van der Waals surface area contributed by atoms with Gasteiger partial charge in [-0.1, -0.05) is 17.7 Å². The van der Waals surface area contributed by atoms with Gasteiger partial charge in [0.1, 0.15) is 12.4 Å². The maximum Gasteiger partial charge on any atom is 0.303 e. The highest BCUT2D eigenvalue weighted by molar-refractivity contribution is 7.19. The number of benzene rings is 2. The van der Waals surface area contributed by atoms with Crippen molar-refractivity contribution in [2.75, 3.05) is 0 Å². The molecule has 1 N–H and O–H groups in total. The molecule has 5 heteroatoms. The molecule has 0 fully saturated rings. The molecular weight excluding hydrogens is 368 g/mol. The van der Waals surface area contributed by atoms with Gasteiger partial charge >= 0.3 is 5.97 Å². The second-order valence-electron chi connectivity index (χ2n) is 6.49. The maximum atomic E-state index is 10.8. The first kappa shape index (κ1) is 18.7. The number of aliphatic carboxylic acids is 1. The Balaban J connectivity index is 1.82. The van der Waals surface area contributed by atoms with Crippen LogP contribution < -0.4 is 4.74 Å². The topological polar surface area (TPSA) is 46.5 Å². The average Bonchev–Trinajstić information content (AvgIpc) is 2.95. The van der Waals surface area contributed by atoms with Gasteiger partial charge < -0.3 is 9.84 Å². The highest BCUT2D eigenvalue weighted by atomic mass is 35.5. The Morgan fingerprint density at radius 2 is 1.88 bits per heavy atom. The Hall–Kier alpha value is -2.04. The number of hydrogen-bond donors (Lipinski definition) is 1. The van der Waals surface area contributed by atoms with Crippen LogP contribution in [0.4, 0.5) is 0 Å². The van der Waals surface area contributed by atoms with Crippen molar-refractivity contribution < 1.29 is 14.6 Å². The Kier molecular flexibility index (Phi) is 5.54. The summed E-state index contributed by atoms with van der Waals surface area (Å²) < 4.78 is 7.26. The summed E-state index contributed by atoms with van der Waals surface area (Å²) in [5, 5.41) is 10.8. The van der Waals surface area contributed by atoms with Crippen LogP contribution in [-0.4, -0.2) is 11.1 Å². The van der Waals surface area contributed by atoms with E-state index in [0.29, 0.717) is 13.0 Å². The Morgan fingerprint density at radius 1 is 1.12 bits per heavy atom. The van der Waals surface area contributed by atoms with Crippen molar-refractivity contribution >= 4 is 39.0 Å². The number of thiophene rings is 1. The van der Waals surface area contributed by atoms with Gasteiger partial charge in [-0.2, -0.15) is 0 Å². The quantitative estimate of drug-likeness (QED) is 0.556. The summed E-state index contributed by atoms with van der Waals surface area (Å²) >= 11 is 7.99. The highest BCUT2D eigenvalue weighted by Gasteiger charge is 2.11. The van der Waals surface area contributed by atoms with Crippen LogP contribution in [0.5, 0.6) is 5.75 Å². The predicted molar refractivity (Wildman–Crippen MR) is 108 cm³/mol. The third kappa shape index (κ3) is 4.02. The molecular formula is C21H21ClO3S. The normalized spacial score (nSPS) is 11.1. The van der Waals surface area contributed by atoms with E-state index in [2.05, 4.69) is 13.0 Å². The molecule has 3 nitrogen and oxygen atoms in total. The number of halogens is 1. The second-order valence-corrected chi connectivity index (χ2v) is 8.21. The zero-order valence-corrected chi connectivity index (χ0v) is 16.6. The second kappa shape index (κ2) is 7.68. The molecule has 0 saturated heterocycles. The Bertz CT molecular complexity index is 975. The minimum Gasteiger partial charge on any atom is -0.489 e. The monoisotopic (exact) mass is 388 g/mol. The van der Waals surface area contributed by atoms with Crippen molar-refractivity contribution in [1.29, 1.82) is 0 Å². The van der Waals surface area contributed by atoms with E-state index in [-0.39, 0.29) is 6.42 Å². The molecule has 1 heterocycles. The highest BCUT2D eigenvalue weighted by Crippen LogP contribution is 2.32. The van der Waals surface area contributed by atoms with E-state index in [0.717, 1.165) is 33.0 Å². The van der Waals surface area contributed by atoms with Crippen molar-refractivity contribution in [2.45, 2.75) is 40.2 Å². The number of carboxylic acids is 1. The molecule has 0 atom stereocenters. The van der Waals surface area contributed by atoms with E-state index in [4.69, 9.17) is 21.4 Å². The molecule has 0 spiro atoms. The van der Waals surface area contributed by atoms with Crippen molar-refractivity contribution in [3.63, 3.8) is 0 Å². The van der Waals surface area contributed by atoms with Crippen LogP contribution in [0, 0.1) is 20.8 Å². The fourth-order valence-corrected chi connectivity index (χ4v) is 4.41. The summed E-state index contributed by atoms with van der Waals surface area (Å²) in [6.45, 7) is 6.56. The Morgan fingerprint density at radius 3 is 2.62 bits per heavy atom. The van der Waals surface area contributed by atoms with E-state index in [1.54, 1.807) is 11.3 Å². The molecule has 0 bridgehead atoms. The molecule has 0 unspecified atom stereocenters. The molecule has 0 radical (unpaired) electrons. The van der Waals surface area contributed by atoms with Gasteiger partial charge in [-0.15, -0.1) is 11.3 Å². The van der Waals surface area contributed by atoms with E-state index in [1.165, 1.54) is 15.0 Å². The number of hydrogen-bond acceptors (Lipinski definition) is 3. The molecule has 0 aliphatic heterocycles. The largest absolute Gasteiger partial charge is 0.489 e. The Labute approximate surface area is 162 Å². The molecule has 0 aliphatic rings. The summed E-state index contributed by atoms with van der Waals surface area (Å²) in [6, 6.07) is 10.0. The van der Waals surface area contributed by atoms with Crippen molar-refractivity contribution in [2.24, 2.45) is 0 Å².